The molecule has 6 nitrogen and oxygen atoms in total. The summed E-state index contributed by atoms with van der Waals surface area (Å²) in [5.74, 6) is 0.769. The van der Waals surface area contributed by atoms with Gasteiger partial charge < -0.3 is 14.5 Å². The van der Waals surface area contributed by atoms with Crippen molar-refractivity contribution in [1.82, 2.24) is 20.1 Å². The minimum atomic E-state index is 0.343. The summed E-state index contributed by atoms with van der Waals surface area (Å²) in [7, 11) is 1.79. The summed E-state index contributed by atoms with van der Waals surface area (Å²) in [6.45, 7) is 4.16. The molecule has 0 radical (unpaired) electrons. The van der Waals surface area contributed by atoms with E-state index in [1.54, 1.807) is 24.3 Å². The minimum Gasteiger partial charge on any atom is -0.465 e. The Balaban J connectivity index is 1.84. The van der Waals surface area contributed by atoms with Crippen LogP contribution < -0.4 is 10.1 Å². The quantitative estimate of drug-likeness (QED) is 0.813. The van der Waals surface area contributed by atoms with Crippen molar-refractivity contribution in [2.45, 2.75) is 20.1 Å². The fourth-order valence-corrected chi connectivity index (χ4v) is 1.39. The van der Waals surface area contributed by atoms with Gasteiger partial charge in [-0.15, -0.1) is 5.10 Å². The van der Waals surface area contributed by atoms with E-state index in [-0.39, 0.29) is 0 Å². The maximum absolute atomic E-state index is 5.37. The lowest BCUT2D eigenvalue weighted by atomic mass is 10.3. The number of aromatic nitrogens is 3. The van der Waals surface area contributed by atoms with Gasteiger partial charge in [0.1, 0.15) is 18.7 Å². The number of ether oxygens (including phenoxy) is 1. The highest BCUT2D eigenvalue weighted by Crippen LogP contribution is 2.10. The van der Waals surface area contributed by atoms with Crippen LogP contribution in [0.4, 0.5) is 0 Å². The molecule has 1 N–H and O–H groups in total. The Morgan fingerprint density at radius 1 is 1.53 bits per heavy atom. The Hall–Kier alpha value is -1.82. The molecule has 0 atom stereocenters. The van der Waals surface area contributed by atoms with Crippen LogP contribution in [0.2, 0.25) is 0 Å². The lowest BCUT2D eigenvalue weighted by Crippen LogP contribution is -2.10. The first kappa shape index (κ1) is 11.7. The summed E-state index contributed by atoms with van der Waals surface area (Å²) >= 11 is 0. The van der Waals surface area contributed by atoms with Crippen molar-refractivity contribution >= 4 is 0 Å². The van der Waals surface area contributed by atoms with Crippen LogP contribution in [0.3, 0.4) is 0 Å². The second kappa shape index (κ2) is 5.49. The predicted molar refractivity (Wildman–Crippen MR) is 61.4 cm³/mol. The zero-order valence-electron chi connectivity index (χ0n) is 10.0. The molecule has 2 aromatic heterocycles. The Bertz CT molecular complexity index is 463. The monoisotopic (exact) mass is 236 g/mol. The first-order chi connectivity index (χ1) is 8.28. The molecule has 2 aromatic rings. The Labute approximate surface area is 99.6 Å². The fraction of sp³-hybridized carbons (Fsp3) is 0.455. The first-order valence-corrected chi connectivity index (χ1v) is 5.53. The van der Waals surface area contributed by atoms with Crippen LogP contribution >= 0.6 is 0 Å². The van der Waals surface area contributed by atoms with Gasteiger partial charge in [-0.2, -0.15) is 4.98 Å². The highest BCUT2D eigenvalue weighted by Gasteiger charge is 2.04. The summed E-state index contributed by atoms with van der Waals surface area (Å²) in [5.41, 5.74) is 1.11. The first-order valence-electron chi connectivity index (χ1n) is 5.53. The van der Waals surface area contributed by atoms with Crippen molar-refractivity contribution in [2.24, 2.45) is 7.05 Å². The zero-order chi connectivity index (χ0) is 12.1. The maximum Gasteiger partial charge on any atom is 0.335 e. The second-order valence-electron chi connectivity index (χ2n) is 3.69. The Kier molecular flexibility index (Phi) is 3.77. The molecule has 0 amide bonds. The lowest BCUT2D eigenvalue weighted by Gasteiger charge is -1.97. The molecule has 0 saturated heterocycles. The van der Waals surface area contributed by atoms with Crippen LogP contribution in [0.1, 0.15) is 18.2 Å². The maximum atomic E-state index is 5.37. The molecule has 0 aliphatic carbocycles. The number of hydrogen-bond acceptors (Lipinski definition) is 5. The molecule has 0 unspecified atom stereocenters. The molecule has 17 heavy (non-hydrogen) atoms. The van der Waals surface area contributed by atoms with Gasteiger partial charge in [0.05, 0.1) is 6.26 Å². The van der Waals surface area contributed by atoms with Crippen LogP contribution in [0.5, 0.6) is 6.01 Å². The minimum absolute atomic E-state index is 0.343. The Morgan fingerprint density at radius 3 is 3.12 bits per heavy atom. The molecule has 2 rings (SSSR count). The van der Waals surface area contributed by atoms with Crippen LogP contribution in [-0.4, -0.2) is 21.3 Å². The molecule has 0 bridgehead atoms. The van der Waals surface area contributed by atoms with Gasteiger partial charge in [0.25, 0.3) is 0 Å². The molecule has 92 valence electrons. The third kappa shape index (κ3) is 3.32. The number of hydrogen-bond donors (Lipinski definition) is 1. The molecule has 0 saturated carbocycles. The molecule has 0 aromatic carbocycles. The molecule has 2 heterocycles. The average Bonchev–Trinajstić information content (AvgIpc) is 2.93. The molecule has 0 aliphatic rings. The van der Waals surface area contributed by atoms with Gasteiger partial charge in [-0.3, -0.25) is 4.68 Å². The normalized spacial score (nSPS) is 10.7. The molecule has 0 fully saturated rings. The highest BCUT2D eigenvalue weighted by molar-refractivity contribution is 5.12. The van der Waals surface area contributed by atoms with E-state index in [9.17, 15) is 0 Å². The van der Waals surface area contributed by atoms with Gasteiger partial charge in [0, 0.05) is 19.2 Å². The third-order valence-electron chi connectivity index (χ3n) is 2.21. The van der Waals surface area contributed by atoms with Gasteiger partial charge in [-0.1, -0.05) is 6.92 Å². The van der Waals surface area contributed by atoms with Crippen molar-refractivity contribution in [3.05, 3.63) is 30.0 Å². The zero-order valence-corrected chi connectivity index (χ0v) is 10.0. The average molecular weight is 236 g/mol. The summed E-state index contributed by atoms with van der Waals surface area (Å²) in [5, 5.41) is 7.24. The topological polar surface area (TPSA) is 65.1 Å². The van der Waals surface area contributed by atoms with E-state index in [0.717, 1.165) is 24.4 Å². The van der Waals surface area contributed by atoms with Crippen LogP contribution in [-0.2, 0) is 20.2 Å². The van der Waals surface area contributed by atoms with Gasteiger partial charge in [0.15, 0.2) is 0 Å². The number of furan rings is 1. The summed E-state index contributed by atoms with van der Waals surface area (Å²) < 4.78 is 12.3. The van der Waals surface area contributed by atoms with Crippen LogP contribution in [0.15, 0.2) is 23.1 Å². The predicted octanol–water partition coefficient (Wildman–Crippen LogP) is 1.10. The molecular formula is C11H16N4O2. The smallest absolute Gasteiger partial charge is 0.335 e. The van der Waals surface area contributed by atoms with Gasteiger partial charge in [0.2, 0.25) is 0 Å². The molecule has 0 spiro atoms. The number of rotatable bonds is 6. The van der Waals surface area contributed by atoms with E-state index in [4.69, 9.17) is 9.15 Å². The van der Waals surface area contributed by atoms with E-state index in [1.807, 2.05) is 6.07 Å². The van der Waals surface area contributed by atoms with Crippen LogP contribution in [0.25, 0.3) is 0 Å². The van der Waals surface area contributed by atoms with E-state index in [1.165, 1.54) is 0 Å². The molecule has 0 aliphatic heterocycles. The lowest BCUT2D eigenvalue weighted by molar-refractivity contribution is 0.249. The SMILES string of the molecule is CCNCc1coc(COc2ncn(C)n2)c1. The van der Waals surface area contributed by atoms with Gasteiger partial charge in [-0.05, 0) is 12.6 Å². The van der Waals surface area contributed by atoms with Crippen LogP contribution in [0, 0.1) is 0 Å². The fourth-order valence-electron chi connectivity index (χ4n) is 1.39. The summed E-state index contributed by atoms with van der Waals surface area (Å²) in [6.07, 6.45) is 3.32. The van der Waals surface area contributed by atoms with Gasteiger partial charge in [-0.25, -0.2) is 0 Å². The van der Waals surface area contributed by atoms with Crippen molar-refractivity contribution in [3.63, 3.8) is 0 Å². The van der Waals surface area contributed by atoms with E-state index in [2.05, 4.69) is 22.3 Å². The number of nitrogens with one attached hydrogen (secondary N) is 1. The summed E-state index contributed by atoms with van der Waals surface area (Å²) in [6, 6.07) is 2.32. The van der Waals surface area contributed by atoms with E-state index < -0.39 is 0 Å². The highest BCUT2D eigenvalue weighted by atomic mass is 16.5. The van der Waals surface area contributed by atoms with Crippen molar-refractivity contribution in [1.29, 1.82) is 0 Å². The van der Waals surface area contributed by atoms with Crippen molar-refractivity contribution < 1.29 is 9.15 Å². The van der Waals surface area contributed by atoms with Crippen molar-refractivity contribution in [3.8, 4) is 6.01 Å². The number of aryl methyl sites for hydroxylation is 1. The van der Waals surface area contributed by atoms with Crippen molar-refractivity contribution in [2.75, 3.05) is 6.54 Å². The largest absolute Gasteiger partial charge is 0.465 e. The van der Waals surface area contributed by atoms with E-state index >= 15 is 0 Å². The Morgan fingerprint density at radius 2 is 2.41 bits per heavy atom. The third-order valence-corrected chi connectivity index (χ3v) is 2.21. The number of nitrogens with zero attached hydrogens (tertiary/aromatic N) is 3. The molecular weight excluding hydrogens is 220 g/mol. The summed E-state index contributed by atoms with van der Waals surface area (Å²) in [4.78, 5) is 3.96. The van der Waals surface area contributed by atoms with Gasteiger partial charge >= 0.3 is 6.01 Å². The standard InChI is InChI=1S/C11H16N4O2/c1-3-12-5-9-4-10(16-6-9)7-17-11-13-8-15(2)14-11/h4,6,8,12H,3,5,7H2,1-2H3. The van der Waals surface area contributed by atoms with E-state index in [0.29, 0.717) is 12.6 Å². The molecule has 6 heteroatoms. The second-order valence-corrected chi connectivity index (χ2v) is 3.69.